The fraction of sp³-hybridized carbons (Fsp3) is 0.714. The molecule has 0 aromatic heterocycles. The molecule has 0 unspecified atom stereocenters. The van der Waals surface area contributed by atoms with Crippen LogP contribution >= 0.6 is 11.6 Å². The van der Waals surface area contributed by atoms with E-state index < -0.39 is 0 Å². The van der Waals surface area contributed by atoms with Gasteiger partial charge in [-0.05, 0) is 19.8 Å². The van der Waals surface area contributed by atoms with Crippen LogP contribution in [0.25, 0.3) is 0 Å². The Morgan fingerprint density at radius 2 is 2.33 bits per heavy atom. The fourth-order valence-corrected chi connectivity index (χ4v) is 0.803. The Balaban J connectivity index is 2.05. The Kier molecular flexibility index (Phi) is 2.14. The lowest BCUT2D eigenvalue weighted by atomic mass is 10.3. The topological polar surface area (TPSA) is 12.0 Å². The van der Waals surface area contributed by atoms with Crippen LogP contribution in [0.5, 0.6) is 0 Å². The Morgan fingerprint density at radius 3 is 2.78 bits per heavy atom. The van der Waals surface area contributed by atoms with Crippen molar-refractivity contribution in [1.82, 2.24) is 5.32 Å². The lowest BCUT2D eigenvalue weighted by molar-refractivity contribution is 0.576. The zero-order valence-corrected chi connectivity index (χ0v) is 6.41. The fourth-order valence-electron chi connectivity index (χ4n) is 0.714. The summed E-state index contributed by atoms with van der Waals surface area (Å²) < 4.78 is 0. The molecule has 1 aliphatic carbocycles. The minimum atomic E-state index is 0.441. The van der Waals surface area contributed by atoms with Gasteiger partial charge in [0.15, 0.2) is 0 Å². The zero-order chi connectivity index (χ0) is 6.74. The highest BCUT2D eigenvalue weighted by Crippen LogP contribution is 2.33. The van der Waals surface area contributed by atoms with Crippen LogP contribution < -0.4 is 5.32 Å². The van der Waals surface area contributed by atoms with Crippen LogP contribution in [-0.2, 0) is 0 Å². The Morgan fingerprint density at radius 1 is 1.67 bits per heavy atom. The van der Waals surface area contributed by atoms with Gasteiger partial charge in [0.25, 0.3) is 0 Å². The van der Waals surface area contributed by atoms with Gasteiger partial charge < -0.3 is 5.32 Å². The molecule has 0 spiro atoms. The first kappa shape index (κ1) is 7.10. The summed E-state index contributed by atoms with van der Waals surface area (Å²) in [5.74, 6) is 0. The van der Waals surface area contributed by atoms with Gasteiger partial charge in [-0.15, -0.1) is 0 Å². The van der Waals surface area contributed by atoms with Gasteiger partial charge in [0, 0.05) is 17.6 Å². The molecule has 0 amide bonds. The number of halogens is 1. The lowest BCUT2D eigenvalue weighted by Crippen LogP contribution is -2.27. The van der Waals surface area contributed by atoms with Gasteiger partial charge in [-0.1, -0.05) is 17.7 Å². The van der Waals surface area contributed by atoms with Crippen LogP contribution in [0.2, 0.25) is 0 Å². The molecule has 1 fully saturated rings. The van der Waals surface area contributed by atoms with Crippen molar-refractivity contribution in [2.45, 2.75) is 25.3 Å². The van der Waals surface area contributed by atoms with Crippen LogP contribution in [0.4, 0.5) is 0 Å². The van der Waals surface area contributed by atoms with E-state index in [1.807, 2.05) is 6.08 Å². The molecule has 0 saturated heterocycles. The van der Waals surface area contributed by atoms with E-state index in [9.17, 15) is 0 Å². The van der Waals surface area contributed by atoms with Gasteiger partial charge in [0.05, 0.1) is 0 Å². The molecule has 0 bridgehead atoms. The summed E-state index contributed by atoms with van der Waals surface area (Å²) in [6, 6.07) is 0. The maximum Gasteiger partial charge on any atom is 0.0157 e. The quantitative estimate of drug-likeness (QED) is 0.640. The van der Waals surface area contributed by atoms with Crippen molar-refractivity contribution in [3.8, 4) is 0 Å². The first-order valence-corrected chi connectivity index (χ1v) is 3.71. The SMILES string of the molecule is CC1(NC/C=C/Cl)CC1. The summed E-state index contributed by atoms with van der Waals surface area (Å²) in [6.07, 6.45) is 4.54. The van der Waals surface area contributed by atoms with Crippen molar-refractivity contribution in [1.29, 1.82) is 0 Å². The van der Waals surface area contributed by atoms with E-state index in [4.69, 9.17) is 11.6 Å². The van der Waals surface area contributed by atoms with Crippen molar-refractivity contribution < 1.29 is 0 Å². The van der Waals surface area contributed by atoms with Gasteiger partial charge >= 0.3 is 0 Å². The molecule has 1 N–H and O–H groups in total. The van der Waals surface area contributed by atoms with E-state index in [1.54, 1.807) is 5.54 Å². The largest absolute Gasteiger partial charge is 0.308 e. The van der Waals surface area contributed by atoms with Crippen molar-refractivity contribution >= 4 is 11.6 Å². The number of hydrogen-bond acceptors (Lipinski definition) is 1. The molecule has 1 saturated carbocycles. The summed E-state index contributed by atoms with van der Waals surface area (Å²) in [6.45, 7) is 3.13. The molecule has 0 atom stereocenters. The highest BCUT2D eigenvalue weighted by molar-refractivity contribution is 6.25. The standard InChI is InChI=1S/C7H12ClN/c1-7(3-4-7)9-6-2-5-8/h2,5,9H,3-4,6H2,1H3/b5-2+. The van der Waals surface area contributed by atoms with Crippen LogP contribution in [0.3, 0.4) is 0 Å². The normalized spacial score (nSPS) is 22.9. The smallest absolute Gasteiger partial charge is 0.0157 e. The third-order valence-electron chi connectivity index (χ3n) is 1.74. The average molecular weight is 146 g/mol. The summed E-state index contributed by atoms with van der Waals surface area (Å²) in [7, 11) is 0. The number of hydrogen-bond donors (Lipinski definition) is 1. The second-order valence-corrected chi connectivity index (χ2v) is 3.06. The summed E-state index contributed by atoms with van der Waals surface area (Å²) in [4.78, 5) is 0. The van der Waals surface area contributed by atoms with E-state index >= 15 is 0 Å². The zero-order valence-electron chi connectivity index (χ0n) is 5.65. The molecule has 1 rings (SSSR count). The summed E-state index contributed by atoms with van der Waals surface area (Å²) >= 11 is 5.33. The van der Waals surface area contributed by atoms with Crippen LogP contribution in [0.15, 0.2) is 11.6 Å². The minimum absolute atomic E-state index is 0.441. The molecule has 1 aliphatic rings. The molecule has 0 aromatic rings. The van der Waals surface area contributed by atoms with Gasteiger partial charge in [0.1, 0.15) is 0 Å². The van der Waals surface area contributed by atoms with E-state index in [2.05, 4.69) is 12.2 Å². The molecule has 52 valence electrons. The molecule has 2 heteroatoms. The van der Waals surface area contributed by atoms with E-state index in [0.29, 0.717) is 5.54 Å². The maximum absolute atomic E-state index is 5.33. The summed E-state index contributed by atoms with van der Waals surface area (Å²) in [5.41, 5.74) is 2.00. The first-order valence-electron chi connectivity index (χ1n) is 3.27. The summed E-state index contributed by atoms with van der Waals surface area (Å²) in [5, 5.41) is 3.36. The highest BCUT2D eigenvalue weighted by atomic mass is 35.5. The lowest BCUT2D eigenvalue weighted by Gasteiger charge is -2.06. The van der Waals surface area contributed by atoms with E-state index in [1.165, 1.54) is 12.8 Å². The van der Waals surface area contributed by atoms with Gasteiger partial charge in [0.2, 0.25) is 0 Å². The van der Waals surface area contributed by atoms with Crippen LogP contribution in [-0.4, -0.2) is 12.1 Å². The Bertz CT molecular complexity index is 116. The van der Waals surface area contributed by atoms with Crippen molar-refractivity contribution in [3.05, 3.63) is 11.6 Å². The second kappa shape index (κ2) is 2.72. The molecule has 0 radical (unpaired) electrons. The number of rotatable bonds is 3. The molecule has 9 heavy (non-hydrogen) atoms. The predicted molar refractivity (Wildman–Crippen MR) is 40.6 cm³/mol. The molecular weight excluding hydrogens is 134 g/mol. The molecule has 1 nitrogen and oxygen atoms in total. The van der Waals surface area contributed by atoms with Crippen molar-refractivity contribution in [3.63, 3.8) is 0 Å². The molecular formula is C7H12ClN. The van der Waals surface area contributed by atoms with E-state index in [-0.39, 0.29) is 0 Å². The maximum atomic E-state index is 5.33. The third kappa shape index (κ3) is 2.37. The predicted octanol–water partition coefficient (Wildman–Crippen LogP) is 1.88. The average Bonchev–Trinajstić information content (AvgIpc) is 2.50. The van der Waals surface area contributed by atoms with Crippen LogP contribution in [0.1, 0.15) is 19.8 Å². The second-order valence-electron chi connectivity index (χ2n) is 2.80. The Hall–Kier alpha value is -0.0100. The molecule has 0 aromatic carbocycles. The first-order chi connectivity index (χ1) is 4.27. The van der Waals surface area contributed by atoms with Gasteiger partial charge in [-0.2, -0.15) is 0 Å². The van der Waals surface area contributed by atoms with Crippen LogP contribution in [0, 0.1) is 0 Å². The Labute approximate surface area is 61.1 Å². The van der Waals surface area contributed by atoms with Crippen molar-refractivity contribution in [2.75, 3.05) is 6.54 Å². The molecule has 0 heterocycles. The number of nitrogens with one attached hydrogen (secondary N) is 1. The van der Waals surface area contributed by atoms with Crippen molar-refractivity contribution in [2.24, 2.45) is 0 Å². The van der Waals surface area contributed by atoms with Gasteiger partial charge in [-0.25, -0.2) is 0 Å². The highest BCUT2D eigenvalue weighted by Gasteiger charge is 2.35. The molecule has 0 aliphatic heterocycles. The van der Waals surface area contributed by atoms with Gasteiger partial charge in [-0.3, -0.25) is 0 Å². The third-order valence-corrected chi connectivity index (χ3v) is 1.91. The minimum Gasteiger partial charge on any atom is -0.308 e. The van der Waals surface area contributed by atoms with E-state index in [0.717, 1.165) is 6.54 Å². The monoisotopic (exact) mass is 145 g/mol.